The van der Waals surface area contributed by atoms with Crippen molar-refractivity contribution < 1.29 is 18.3 Å². The first-order valence-electron chi connectivity index (χ1n) is 18.4. The quantitative estimate of drug-likeness (QED) is 0.151. The molecule has 0 fully saturated rings. The largest absolute Gasteiger partial charge is 0.494 e. The maximum atomic E-state index is 14.1. The highest BCUT2D eigenvalue weighted by Crippen LogP contribution is 2.29. The van der Waals surface area contributed by atoms with E-state index < -0.39 is 11.6 Å². The average molecular weight is 769 g/mol. The van der Waals surface area contributed by atoms with Crippen molar-refractivity contribution in [2.75, 3.05) is 14.2 Å². The average Bonchev–Trinajstić information content (AvgIpc) is 3.84. The molecule has 0 atom stereocenters. The molecule has 4 aromatic heterocycles. The van der Waals surface area contributed by atoms with Crippen LogP contribution in [0.5, 0.6) is 11.5 Å². The van der Waals surface area contributed by atoms with Gasteiger partial charge in [-0.15, -0.1) is 0 Å². The molecule has 58 heavy (non-hydrogen) atoms. The van der Waals surface area contributed by atoms with Gasteiger partial charge in [0.1, 0.15) is 0 Å². The van der Waals surface area contributed by atoms with E-state index in [1.54, 1.807) is 36.7 Å². The number of halogens is 2. The maximum absolute atomic E-state index is 14.1. The van der Waals surface area contributed by atoms with Crippen LogP contribution >= 0.6 is 0 Å². The standard InChI is InChI=1S/2C23H17FN4O/c1-29-23-8-7-16(9-18(23)24)21-13-25-19-10-17-12-26-28(22(17)11-20(19)27-21)14-15-5-3-2-4-6-15;1-29-23-8-7-16(9-18(23)24)22-12-25-20-10-17-14-28(13-15-5-3-2-4-6-15)27-19(17)11-21(20)26-22/h2-13H,14H2,1H3;2-12,14H,13H2,1H3. The van der Waals surface area contributed by atoms with Crippen molar-refractivity contribution in [1.29, 1.82) is 0 Å². The molecular formula is C46H34F2N8O2. The fourth-order valence-electron chi connectivity index (χ4n) is 6.83. The van der Waals surface area contributed by atoms with Gasteiger partial charge in [0.15, 0.2) is 23.1 Å². The van der Waals surface area contributed by atoms with Gasteiger partial charge in [-0.2, -0.15) is 10.2 Å². The minimum absolute atomic E-state index is 0.202. The predicted molar refractivity (Wildman–Crippen MR) is 221 cm³/mol. The van der Waals surface area contributed by atoms with Crippen molar-refractivity contribution in [3.05, 3.63) is 169 Å². The van der Waals surface area contributed by atoms with Gasteiger partial charge >= 0.3 is 0 Å². The predicted octanol–water partition coefficient (Wildman–Crippen LogP) is 9.68. The highest BCUT2D eigenvalue weighted by Gasteiger charge is 2.13. The summed E-state index contributed by atoms with van der Waals surface area (Å²) in [6, 6.07) is 37.8. The van der Waals surface area contributed by atoms with Gasteiger partial charge in [0.2, 0.25) is 0 Å². The van der Waals surface area contributed by atoms with Crippen LogP contribution in [0, 0.1) is 11.6 Å². The summed E-state index contributed by atoms with van der Waals surface area (Å²) in [7, 11) is 2.88. The van der Waals surface area contributed by atoms with E-state index in [-0.39, 0.29) is 11.5 Å². The Bertz CT molecular complexity index is 3060. The summed E-state index contributed by atoms with van der Waals surface area (Å²) in [4.78, 5) is 18.4. The Balaban J connectivity index is 0.000000150. The van der Waals surface area contributed by atoms with Crippen molar-refractivity contribution in [2.24, 2.45) is 0 Å². The van der Waals surface area contributed by atoms with Crippen LogP contribution in [0.4, 0.5) is 8.78 Å². The molecule has 0 aliphatic heterocycles. The lowest BCUT2D eigenvalue weighted by atomic mass is 10.1. The molecule has 0 N–H and O–H groups in total. The molecule has 6 aromatic carbocycles. The first-order valence-corrected chi connectivity index (χ1v) is 18.4. The summed E-state index contributed by atoms with van der Waals surface area (Å²) in [5, 5.41) is 11.2. The van der Waals surface area contributed by atoms with Crippen molar-refractivity contribution in [2.45, 2.75) is 13.1 Å². The minimum atomic E-state index is -0.429. The number of rotatable bonds is 8. The second-order valence-corrected chi connectivity index (χ2v) is 13.6. The van der Waals surface area contributed by atoms with Crippen LogP contribution in [0.15, 0.2) is 146 Å². The lowest BCUT2D eigenvalue weighted by Crippen LogP contribution is -2.01. The number of methoxy groups -OCH3 is 2. The van der Waals surface area contributed by atoms with Crippen LogP contribution in [-0.4, -0.2) is 53.7 Å². The number of ether oxygens (including phenoxy) is 2. The Labute approximate surface area is 331 Å². The molecule has 284 valence electrons. The Hall–Kier alpha value is -7.60. The van der Waals surface area contributed by atoms with E-state index in [1.165, 1.54) is 37.5 Å². The van der Waals surface area contributed by atoms with Crippen LogP contribution in [0.1, 0.15) is 11.1 Å². The van der Waals surface area contributed by atoms with Crippen molar-refractivity contribution in [1.82, 2.24) is 39.5 Å². The third-order valence-electron chi connectivity index (χ3n) is 9.78. The van der Waals surface area contributed by atoms with E-state index in [0.717, 1.165) is 43.9 Å². The molecule has 0 radical (unpaired) electrons. The number of hydrogen-bond donors (Lipinski definition) is 0. The molecule has 0 aliphatic rings. The topological polar surface area (TPSA) is 106 Å². The zero-order valence-electron chi connectivity index (χ0n) is 31.4. The normalized spacial score (nSPS) is 11.2. The van der Waals surface area contributed by atoms with Gasteiger partial charge in [0, 0.05) is 28.1 Å². The molecule has 12 heteroatoms. The van der Waals surface area contributed by atoms with Gasteiger partial charge in [-0.25, -0.2) is 18.7 Å². The minimum Gasteiger partial charge on any atom is -0.494 e. The van der Waals surface area contributed by atoms with Gasteiger partial charge in [-0.05, 0) is 71.8 Å². The van der Waals surface area contributed by atoms with E-state index in [4.69, 9.17) is 14.5 Å². The van der Waals surface area contributed by atoms with E-state index in [9.17, 15) is 8.78 Å². The number of fused-ring (bicyclic) bond motifs is 4. The second-order valence-electron chi connectivity index (χ2n) is 13.6. The molecule has 0 saturated heterocycles. The van der Waals surface area contributed by atoms with Crippen molar-refractivity contribution >= 4 is 43.9 Å². The molecule has 0 bridgehead atoms. The third kappa shape index (κ3) is 7.38. The summed E-state index contributed by atoms with van der Waals surface area (Å²) in [6.07, 6.45) is 7.16. The highest BCUT2D eigenvalue weighted by molar-refractivity contribution is 5.94. The number of hydrogen-bond acceptors (Lipinski definition) is 8. The van der Waals surface area contributed by atoms with Crippen LogP contribution < -0.4 is 9.47 Å². The Morgan fingerprint density at radius 2 is 1.09 bits per heavy atom. The van der Waals surface area contributed by atoms with E-state index in [2.05, 4.69) is 49.4 Å². The Morgan fingerprint density at radius 3 is 1.66 bits per heavy atom. The lowest BCUT2D eigenvalue weighted by molar-refractivity contribution is 0.386. The van der Waals surface area contributed by atoms with Crippen molar-refractivity contribution in [3.8, 4) is 34.0 Å². The van der Waals surface area contributed by atoms with E-state index in [1.807, 2.05) is 82.4 Å². The monoisotopic (exact) mass is 768 g/mol. The Kier molecular flexibility index (Phi) is 9.64. The molecule has 0 aliphatic carbocycles. The molecule has 10 nitrogen and oxygen atoms in total. The summed E-state index contributed by atoms with van der Waals surface area (Å²) >= 11 is 0. The molecule has 10 rings (SSSR count). The summed E-state index contributed by atoms with van der Waals surface area (Å²) in [5.74, 6) is -0.451. The van der Waals surface area contributed by atoms with Crippen LogP contribution in [0.2, 0.25) is 0 Å². The molecule has 0 unspecified atom stereocenters. The smallest absolute Gasteiger partial charge is 0.165 e. The summed E-state index contributed by atoms with van der Waals surface area (Å²) < 4.78 is 42.0. The van der Waals surface area contributed by atoms with E-state index in [0.29, 0.717) is 35.6 Å². The number of benzene rings is 6. The zero-order valence-corrected chi connectivity index (χ0v) is 31.4. The SMILES string of the molecule is COc1ccc(-c2cnc3cc4cn(Cc5ccccc5)nc4cc3n2)cc1F.COc1ccc(-c2cnc3cc4cnn(Cc5ccccc5)c4cc3n2)cc1F. The first kappa shape index (κ1) is 36.1. The third-order valence-corrected chi connectivity index (χ3v) is 9.78. The molecule has 0 saturated carbocycles. The van der Waals surface area contributed by atoms with E-state index >= 15 is 0 Å². The number of aromatic nitrogens is 8. The summed E-state index contributed by atoms with van der Waals surface area (Å²) in [6.45, 7) is 1.37. The van der Waals surface area contributed by atoms with Crippen LogP contribution in [-0.2, 0) is 13.1 Å². The van der Waals surface area contributed by atoms with Gasteiger partial charge < -0.3 is 9.47 Å². The number of nitrogens with zero attached hydrogens (tertiary/aromatic N) is 8. The fraction of sp³-hybridized carbons (Fsp3) is 0.0870. The Morgan fingerprint density at radius 1 is 0.534 bits per heavy atom. The van der Waals surface area contributed by atoms with Gasteiger partial charge in [0.05, 0.1) is 90.4 Å². The first-order chi connectivity index (χ1) is 28.4. The van der Waals surface area contributed by atoms with Crippen molar-refractivity contribution in [3.63, 3.8) is 0 Å². The molecule has 0 amide bonds. The second kappa shape index (κ2) is 15.5. The van der Waals surface area contributed by atoms with Crippen LogP contribution in [0.3, 0.4) is 0 Å². The lowest BCUT2D eigenvalue weighted by Gasteiger charge is -2.07. The molecule has 0 spiro atoms. The van der Waals surface area contributed by atoms with Gasteiger partial charge in [-0.1, -0.05) is 60.7 Å². The highest BCUT2D eigenvalue weighted by atomic mass is 19.1. The zero-order chi connectivity index (χ0) is 39.6. The fourth-order valence-corrected chi connectivity index (χ4v) is 6.83. The van der Waals surface area contributed by atoms with Crippen LogP contribution in [0.25, 0.3) is 66.4 Å². The van der Waals surface area contributed by atoms with Gasteiger partial charge in [-0.3, -0.25) is 19.3 Å². The maximum Gasteiger partial charge on any atom is 0.165 e. The summed E-state index contributed by atoms with van der Waals surface area (Å²) in [5.41, 5.74) is 9.68. The van der Waals surface area contributed by atoms with Gasteiger partial charge in [0.25, 0.3) is 0 Å². The molecule has 4 heterocycles. The molecule has 10 aromatic rings. The molecular weight excluding hydrogens is 735 g/mol.